The van der Waals surface area contributed by atoms with Crippen molar-refractivity contribution < 1.29 is 34.6 Å². The number of unbranched alkanes of at least 4 members (excludes halogenated alkanes) is 1. The first-order valence-electron chi connectivity index (χ1n) is 7.65. The van der Waals surface area contributed by atoms with Gasteiger partial charge in [-0.1, -0.05) is 19.8 Å². The van der Waals surface area contributed by atoms with Crippen LogP contribution in [0, 0.1) is 0 Å². The van der Waals surface area contributed by atoms with Crippen LogP contribution >= 0.6 is 0 Å². The topological polar surface area (TPSA) is 109 Å². The molecule has 0 aromatic rings. The maximum absolute atomic E-state index is 9.86. The van der Waals surface area contributed by atoms with E-state index in [0.29, 0.717) is 13.0 Å². The molecule has 0 amide bonds. The zero-order valence-corrected chi connectivity index (χ0v) is 12.3. The minimum atomic E-state index is -1.17. The second-order valence-corrected chi connectivity index (χ2v) is 5.76. The van der Waals surface area contributed by atoms with Gasteiger partial charge in [0.2, 0.25) is 0 Å². The summed E-state index contributed by atoms with van der Waals surface area (Å²) in [6.07, 6.45) is -2.86. The molecule has 2 saturated heterocycles. The third-order valence-corrected chi connectivity index (χ3v) is 4.09. The number of fused-ring (bicyclic) bond motifs is 1. The summed E-state index contributed by atoms with van der Waals surface area (Å²) in [6.45, 7) is 2.54. The smallest absolute Gasteiger partial charge is 0.186 e. The summed E-state index contributed by atoms with van der Waals surface area (Å²) in [7, 11) is 0. The first kappa shape index (κ1) is 17.1. The number of hydrogen-bond donors (Lipinski definition) is 4. The molecule has 2 heterocycles. The predicted molar refractivity (Wildman–Crippen MR) is 72.5 cm³/mol. The summed E-state index contributed by atoms with van der Waals surface area (Å²) < 4.78 is 16.0. The van der Waals surface area contributed by atoms with Gasteiger partial charge in [-0.25, -0.2) is 0 Å². The lowest BCUT2D eigenvalue weighted by atomic mass is 9.95. The molecule has 2 unspecified atom stereocenters. The Morgan fingerprint density at radius 3 is 2.48 bits per heavy atom. The zero-order chi connectivity index (χ0) is 15.4. The Morgan fingerprint density at radius 1 is 1.14 bits per heavy atom. The normalized spacial score (nSPS) is 38.4. The van der Waals surface area contributed by atoms with Crippen molar-refractivity contribution in [3.8, 4) is 0 Å². The fraction of sp³-hybridized carbons (Fsp3) is 1.00. The van der Waals surface area contributed by atoms with Gasteiger partial charge in [-0.05, 0) is 12.8 Å². The Hall–Kier alpha value is -0.280. The van der Waals surface area contributed by atoms with Crippen LogP contribution < -0.4 is 0 Å². The van der Waals surface area contributed by atoms with Crippen LogP contribution in [-0.4, -0.2) is 76.6 Å². The Bertz CT molecular complexity index is 314. The zero-order valence-electron chi connectivity index (χ0n) is 12.3. The maximum atomic E-state index is 9.86. The average molecular weight is 306 g/mol. The lowest BCUT2D eigenvalue weighted by molar-refractivity contribution is -0.350. The van der Waals surface area contributed by atoms with Crippen molar-refractivity contribution in [1.29, 1.82) is 0 Å². The van der Waals surface area contributed by atoms with Gasteiger partial charge in [0.15, 0.2) is 6.29 Å². The van der Waals surface area contributed by atoms with Gasteiger partial charge in [-0.3, -0.25) is 0 Å². The second kappa shape index (κ2) is 7.82. The summed E-state index contributed by atoms with van der Waals surface area (Å²) in [4.78, 5) is 0. The molecule has 4 N–H and O–H groups in total. The van der Waals surface area contributed by atoms with Crippen LogP contribution in [0.5, 0.6) is 0 Å². The summed E-state index contributed by atoms with van der Waals surface area (Å²) >= 11 is 0. The van der Waals surface area contributed by atoms with Crippen molar-refractivity contribution in [3.05, 3.63) is 0 Å². The molecule has 7 heteroatoms. The summed E-state index contributed by atoms with van der Waals surface area (Å²) in [5, 5.41) is 39.2. The van der Waals surface area contributed by atoms with Crippen molar-refractivity contribution in [1.82, 2.24) is 0 Å². The molecule has 2 fully saturated rings. The highest BCUT2D eigenvalue weighted by molar-refractivity contribution is 4.95. The van der Waals surface area contributed by atoms with E-state index in [1.54, 1.807) is 0 Å². The lowest BCUT2D eigenvalue weighted by Crippen LogP contribution is -2.65. The van der Waals surface area contributed by atoms with Gasteiger partial charge in [0.05, 0.1) is 25.4 Å². The average Bonchev–Trinajstić information content (AvgIpc) is 2.44. The van der Waals surface area contributed by atoms with Gasteiger partial charge >= 0.3 is 0 Å². The van der Waals surface area contributed by atoms with Gasteiger partial charge in [0.25, 0.3) is 0 Å². The van der Waals surface area contributed by atoms with E-state index < -0.39 is 36.8 Å². The van der Waals surface area contributed by atoms with E-state index in [1.807, 2.05) is 6.92 Å². The predicted octanol–water partition coefficient (Wildman–Crippen LogP) is -0.849. The molecule has 0 aromatic carbocycles. The van der Waals surface area contributed by atoms with Gasteiger partial charge in [0, 0.05) is 0 Å². The van der Waals surface area contributed by atoms with E-state index >= 15 is 0 Å². The standard InChI is InChI=1S/C14H26O7/c1-2-3-4-8(15)9(16)5-6-19-14-12(18)11(17)13-10(21-14)7-20-13/h8-18H,2-7H2,1H3/t8-,9+,10?,11-,12?,13+,14+/m1/s1. The summed E-state index contributed by atoms with van der Waals surface area (Å²) in [5.74, 6) is 0. The minimum absolute atomic E-state index is 0.136. The van der Waals surface area contributed by atoms with Crippen LogP contribution in [0.25, 0.3) is 0 Å². The van der Waals surface area contributed by atoms with Gasteiger partial charge < -0.3 is 34.6 Å². The first-order chi connectivity index (χ1) is 10.0. The molecule has 0 aliphatic carbocycles. The van der Waals surface area contributed by atoms with E-state index in [0.717, 1.165) is 12.8 Å². The number of aliphatic hydroxyl groups is 4. The second-order valence-electron chi connectivity index (χ2n) is 5.76. The third kappa shape index (κ3) is 4.13. The van der Waals surface area contributed by atoms with Gasteiger partial charge in [-0.2, -0.15) is 0 Å². The van der Waals surface area contributed by atoms with Crippen molar-refractivity contribution in [2.75, 3.05) is 13.2 Å². The first-order valence-corrected chi connectivity index (χ1v) is 7.65. The molecule has 0 spiro atoms. The summed E-state index contributed by atoms with van der Waals surface area (Å²) in [6, 6.07) is 0. The van der Waals surface area contributed by atoms with E-state index in [-0.39, 0.29) is 19.1 Å². The highest BCUT2D eigenvalue weighted by Gasteiger charge is 2.50. The van der Waals surface area contributed by atoms with Crippen LogP contribution in [-0.2, 0) is 14.2 Å². The van der Waals surface area contributed by atoms with Crippen molar-refractivity contribution in [3.63, 3.8) is 0 Å². The molecule has 0 saturated carbocycles. The highest BCUT2D eigenvalue weighted by atomic mass is 16.7. The van der Waals surface area contributed by atoms with Crippen molar-refractivity contribution in [2.24, 2.45) is 0 Å². The molecule has 21 heavy (non-hydrogen) atoms. The molecule has 0 radical (unpaired) electrons. The number of ether oxygens (including phenoxy) is 3. The summed E-state index contributed by atoms with van der Waals surface area (Å²) in [5.41, 5.74) is 0. The molecule has 124 valence electrons. The lowest BCUT2D eigenvalue weighted by Gasteiger charge is -2.48. The Balaban J connectivity index is 1.68. The van der Waals surface area contributed by atoms with E-state index in [9.17, 15) is 20.4 Å². The molecular weight excluding hydrogens is 280 g/mol. The Kier molecular flexibility index (Phi) is 6.36. The fourth-order valence-electron chi connectivity index (χ4n) is 2.57. The molecular formula is C14H26O7. The Morgan fingerprint density at radius 2 is 1.86 bits per heavy atom. The highest BCUT2D eigenvalue weighted by Crippen LogP contribution is 2.30. The van der Waals surface area contributed by atoms with Gasteiger partial charge in [-0.15, -0.1) is 0 Å². The molecule has 2 aliphatic heterocycles. The van der Waals surface area contributed by atoms with Crippen LogP contribution in [0.3, 0.4) is 0 Å². The minimum Gasteiger partial charge on any atom is -0.390 e. The maximum Gasteiger partial charge on any atom is 0.186 e. The number of rotatable bonds is 8. The van der Waals surface area contributed by atoms with Crippen LogP contribution in [0.4, 0.5) is 0 Å². The van der Waals surface area contributed by atoms with Crippen LogP contribution in [0.1, 0.15) is 32.6 Å². The van der Waals surface area contributed by atoms with Crippen molar-refractivity contribution in [2.45, 2.75) is 75.5 Å². The molecule has 0 aromatic heterocycles. The fourth-order valence-corrected chi connectivity index (χ4v) is 2.57. The van der Waals surface area contributed by atoms with E-state index in [4.69, 9.17) is 14.2 Å². The van der Waals surface area contributed by atoms with E-state index in [1.165, 1.54) is 0 Å². The largest absolute Gasteiger partial charge is 0.390 e. The van der Waals surface area contributed by atoms with Gasteiger partial charge in [0.1, 0.15) is 24.4 Å². The SMILES string of the molecule is CCCC[C@@H](O)[C@@H](O)CCO[C@H]1OC2CO[C@@H]2[C@H](O)C1O. The Labute approximate surface area is 124 Å². The molecule has 7 atom stereocenters. The number of hydrogen-bond acceptors (Lipinski definition) is 7. The molecule has 2 aliphatic rings. The quantitative estimate of drug-likeness (QED) is 0.462. The molecule has 2 rings (SSSR count). The van der Waals surface area contributed by atoms with E-state index in [2.05, 4.69) is 0 Å². The van der Waals surface area contributed by atoms with Crippen molar-refractivity contribution >= 4 is 0 Å². The monoisotopic (exact) mass is 306 g/mol. The molecule has 0 bridgehead atoms. The number of aliphatic hydroxyl groups excluding tert-OH is 4. The van der Waals surface area contributed by atoms with Crippen LogP contribution in [0.15, 0.2) is 0 Å². The molecule has 7 nitrogen and oxygen atoms in total. The third-order valence-electron chi connectivity index (χ3n) is 4.09. The van der Waals surface area contributed by atoms with Crippen LogP contribution in [0.2, 0.25) is 0 Å².